The number of aliphatic imine (C=N–C) groups is 2. The van der Waals surface area contributed by atoms with Crippen molar-refractivity contribution >= 4 is 12.2 Å². The van der Waals surface area contributed by atoms with Gasteiger partial charge in [0.1, 0.15) is 12.2 Å². The van der Waals surface area contributed by atoms with Crippen molar-refractivity contribution in [1.82, 2.24) is 5.32 Å². The molecule has 0 unspecified atom stereocenters. The van der Waals surface area contributed by atoms with Gasteiger partial charge in [0.15, 0.2) is 0 Å². The predicted octanol–water partition coefficient (Wildman–Crippen LogP) is 2.99. The molecule has 0 fully saturated rings. The Kier molecular flexibility index (Phi) is 8.73. The van der Waals surface area contributed by atoms with E-state index in [0.29, 0.717) is 5.92 Å². The topological polar surface area (TPSA) is 36.8 Å². The van der Waals surface area contributed by atoms with Crippen LogP contribution in [0.4, 0.5) is 0 Å². The minimum Gasteiger partial charge on any atom is -0.376 e. The van der Waals surface area contributed by atoms with Crippen molar-refractivity contribution < 1.29 is 0 Å². The van der Waals surface area contributed by atoms with Gasteiger partial charge in [0.2, 0.25) is 0 Å². The summed E-state index contributed by atoms with van der Waals surface area (Å²) in [7, 11) is 1.92. The first kappa shape index (κ1) is 13.9. The van der Waals surface area contributed by atoms with Crippen LogP contribution in [-0.2, 0) is 0 Å². The highest BCUT2D eigenvalue weighted by molar-refractivity contribution is 5.90. The first-order chi connectivity index (χ1) is 7.29. The number of rotatable bonds is 7. The Hall–Kier alpha value is -1.12. The zero-order valence-corrected chi connectivity index (χ0v) is 10.2. The smallest absolute Gasteiger partial charge is 0.117 e. The molecule has 15 heavy (non-hydrogen) atoms. The first-order valence-electron chi connectivity index (χ1n) is 5.68. The van der Waals surface area contributed by atoms with Crippen LogP contribution in [0.1, 0.15) is 39.5 Å². The molecular weight excluding hydrogens is 186 g/mol. The van der Waals surface area contributed by atoms with Gasteiger partial charge >= 0.3 is 0 Å². The SMILES string of the molecule is C=C/N=C\N=C(/NC)C(CCC)CCC. The molecule has 0 saturated carbocycles. The van der Waals surface area contributed by atoms with Gasteiger partial charge in [-0.15, -0.1) is 0 Å². The van der Waals surface area contributed by atoms with Crippen LogP contribution >= 0.6 is 0 Å². The molecule has 0 amide bonds. The van der Waals surface area contributed by atoms with Crippen LogP contribution in [0.2, 0.25) is 0 Å². The molecular formula is C12H23N3. The number of nitrogens with one attached hydrogen (secondary N) is 1. The van der Waals surface area contributed by atoms with Crippen molar-refractivity contribution in [3.63, 3.8) is 0 Å². The lowest BCUT2D eigenvalue weighted by Crippen LogP contribution is -2.27. The molecule has 0 aromatic heterocycles. The molecule has 0 heterocycles. The molecule has 0 aliphatic heterocycles. The van der Waals surface area contributed by atoms with Gasteiger partial charge in [-0.1, -0.05) is 33.3 Å². The van der Waals surface area contributed by atoms with Gasteiger partial charge in [-0.25, -0.2) is 9.98 Å². The average Bonchev–Trinajstić information content (AvgIpc) is 2.24. The van der Waals surface area contributed by atoms with Crippen LogP contribution in [0.25, 0.3) is 0 Å². The number of hydrogen-bond acceptors (Lipinski definition) is 1. The number of nitrogens with zero attached hydrogens (tertiary/aromatic N) is 2. The molecule has 0 aliphatic carbocycles. The fraction of sp³-hybridized carbons (Fsp3) is 0.667. The minimum absolute atomic E-state index is 0.529. The molecule has 0 atom stereocenters. The average molecular weight is 209 g/mol. The summed E-state index contributed by atoms with van der Waals surface area (Å²) >= 11 is 0. The van der Waals surface area contributed by atoms with E-state index in [-0.39, 0.29) is 0 Å². The Morgan fingerprint density at radius 1 is 1.33 bits per heavy atom. The standard InChI is InChI=1S/C12H23N3/c1-5-8-11(9-6-2)12(13-4)15-10-14-7-3/h7,10-11H,3,5-6,8-9H2,1-2,4H3,(H,13,14,15). The van der Waals surface area contributed by atoms with Gasteiger partial charge in [0.25, 0.3) is 0 Å². The quantitative estimate of drug-likeness (QED) is 0.508. The normalized spacial score (nSPS) is 12.4. The Balaban J connectivity index is 4.48. The van der Waals surface area contributed by atoms with E-state index in [0.717, 1.165) is 5.84 Å². The number of amidine groups is 1. The summed E-state index contributed by atoms with van der Waals surface area (Å²) < 4.78 is 0. The van der Waals surface area contributed by atoms with Crippen molar-refractivity contribution in [3.8, 4) is 0 Å². The van der Waals surface area contributed by atoms with E-state index < -0.39 is 0 Å². The molecule has 0 bridgehead atoms. The Bertz CT molecular complexity index is 213. The third-order valence-electron chi connectivity index (χ3n) is 2.29. The molecule has 0 rings (SSSR count). The van der Waals surface area contributed by atoms with Crippen LogP contribution in [0.3, 0.4) is 0 Å². The maximum absolute atomic E-state index is 4.31. The van der Waals surface area contributed by atoms with Crippen LogP contribution in [0.15, 0.2) is 22.8 Å². The van der Waals surface area contributed by atoms with Crippen molar-refractivity contribution in [2.24, 2.45) is 15.9 Å². The number of hydrogen-bond donors (Lipinski definition) is 1. The lowest BCUT2D eigenvalue weighted by Gasteiger charge is -2.16. The third kappa shape index (κ3) is 6.05. The maximum Gasteiger partial charge on any atom is 0.117 e. The highest BCUT2D eigenvalue weighted by Gasteiger charge is 2.12. The Morgan fingerprint density at radius 2 is 1.93 bits per heavy atom. The van der Waals surface area contributed by atoms with E-state index in [9.17, 15) is 0 Å². The summed E-state index contributed by atoms with van der Waals surface area (Å²) in [6.45, 7) is 7.92. The summed E-state index contributed by atoms with van der Waals surface area (Å²) in [5, 5.41) is 3.16. The molecule has 0 saturated heterocycles. The summed E-state index contributed by atoms with van der Waals surface area (Å²) in [6, 6.07) is 0. The zero-order chi connectivity index (χ0) is 11.5. The van der Waals surface area contributed by atoms with Gasteiger partial charge in [0, 0.05) is 19.2 Å². The van der Waals surface area contributed by atoms with E-state index in [1.165, 1.54) is 31.9 Å². The summed E-state index contributed by atoms with van der Waals surface area (Å²) in [5.41, 5.74) is 0. The third-order valence-corrected chi connectivity index (χ3v) is 2.29. The molecule has 0 aromatic rings. The van der Waals surface area contributed by atoms with Crippen molar-refractivity contribution in [2.45, 2.75) is 39.5 Å². The van der Waals surface area contributed by atoms with Gasteiger partial charge in [-0.3, -0.25) is 0 Å². The monoisotopic (exact) mass is 209 g/mol. The predicted molar refractivity (Wildman–Crippen MR) is 68.5 cm³/mol. The van der Waals surface area contributed by atoms with Crippen molar-refractivity contribution in [1.29, 1.82) is 0 Å². The molecule has 0 aromatic carbocycles. The zero-order valence-electron chi connectivity index (χ0n) is 10.2. The highest BCUT2D eigenvalue weighted by atomic mass is 15.0. The second kappa shape index (κ2) is 9.44. The summed E-state index contributed by atoms with van der Waals surface area (Å²) in [4.78, 5) is 8.19. The fourth-order valence-electron chi connectivity index (χ4n) is 1.63. The highest BCUT2D eigenvalue weighted by Crippen LogP contribution is 2.14. The summed E-state index contributed by atoms with van der Waals surface area (Å²) in [6.07, 6.45) is 7.77. The first-order valence-corrected chi connectivity index (χ1v) is 5.68. The van der Waals surface area contributed by atoms with Crippen molar-refractivity contribution in [2.75, 3.05) is 7.05 Å². The lowest BCUT2D eigenvalue weighted by molar-refractivity contribution is 0.548. The van der Waals surface area contributed by atoms with Gasteiger partial charge in [-0.2, -0.15) is 0 Å². The van der Waals surface area contributed by atoms with Crippen molar-refractivity contribution in [3.05, 3.63) is 12.8 Å². The maximum atomic E-state index is 4.31. The Labute approximate surface area is 93.4 Å². The molecule has 3 heteroatoms. The van der Waals surface area contributed by atoms with Crippen LogP contribution in [-0.4, -0.2) is 19.2 Å². The molecule has 3 nitrogen and oxygen atoms in total. The minimum atomic E-state index is 0.529. The van der Waals surface area contributed by atoms with Crippen LogP contribution < -0.4 is 5.32 Å². The molecule has 1 N–H and O–H groups in total. The van der Waals surface area contributed by atoms with E-state index in [1.807, 2.05) is 7.05 Å². The van der Waals surface area contributed by atoms with E-state index >= 15 is 0 Å². The Morgan fingerprint density at radius 3 is 2.33 bits per heavy atom. The van der Waals surface area contributed by atoms with E-state index in [2.05, 4.69) is 35.7 Å². The summed E-state index contributed by atoms with van der Waals surface area (Å²) in [5.74, 6) is 1.56. The van der Waals surface area contributed by atoms with Crippen LogP contribution in [0, 0.1) is 5.92 Å². The molecule has 86 valence electrons. The second-order valence-electron chi connectivity index (χ2n) is 3.49. The van der Waals surface area contributed by atoms with E-state index in [1.54, 1.807) is 6.34 Å². The second-order valence-corrected chi connectivity index (χ2v) is 3.49. The van der Waals surface area contributed by atoms with Gasteiger partial charge in [-0.05, 0) is 12.8 Å². The van der Waals surface area contributed by atoms with Gasteiger partial charge < -0.3 is 5.32 Å². The molecule has 0 aliphatic rings. The molecule has 0 spiro atoms. The van der Waals surface area contributed by atoms with E-state index in [4.69, 9.17) is 0 Å². The fourth-order valence-corrected chi connectivity index (χ4v) is 1.63. The van der Waals surface area contributed by atoms with Gasteiger partial charge in [0.05, 0.1) is 0 Å². The molecule has 0 radical (unpaired) electrons. The largest absolute Gasteiger partial charge is 0.376 e. The lowest BCUT2D eigenvalue weighted by atomic mass is 9.97. The van der Waals surface area contributed by atoms with Crippen LogP contribution in [0.5, 0.6) is 0 Å².